The van der Waals surface area contributed by atoms with Crippen LogP contribution >= 0.6 is 0 Å². The van der Waals surface area contributed by atoms with Crippen molar-refractivity contribution in [1.29, 1.82) is 0 Å². The molecule has 0 saturated carbocycles. The Balaban J connectivity index is 2.73. The summed E-state index contributed by atoms with van der Waals surface area (Å²) in [4.78, 5) is 19.5. The standard InChI is InChI=1S/C10H15N3O2/c1-6-7(2)12-9(5-11-6)13-8(3)10(14)15-4/h5,8H,1-4H3,(H,12,13). The number of hydrogen-bond donors (Lipinski definition) is 1. The summed E-state index contributed by atoms with van der Waals surface area (Å²) in [7, 11) is 1.35. The van der Waals surface area contributed by atoms with Crippen molar-refractivity contribution in [2.45, 2.75) is 26.8 Å². The highest BCUT2D eigenvalue weighted by molar-refractivity contribution is 5.78. The van der Waals surface area contributed by atoms with E-state index in [9.17, 15) is 4.79 Å². The number of rotatable bonds is 3. The van der Waals surface area contributed by atoms with Gasteiger partial charge in [0.05, 0.1) is 24.7 Å². The van der Waals surface area contributed by atoms with Gasteiger partial charge in [0.1, 0.15) is 11.9 Å². The molecular weight excluding hydrogens is 194 g/mol. The highest BCUT2D eigenvalue weighted by Crippen LogP contribution is 2.07. The van der Waals surface area contributed by atoms with Gasteiger partial charge in [0.15, 0.2) is 0 Å². The fraction of sp³-hybridized carbons (Fsp3) is 0.500. The van der Waals surface area contributed by atoms with Crippen LogP contribution in [0, 0.1) is 13.8 Å². The Bertz CT molecular complexity index is 366. The van der Waals surface area contributed by atoms with E-state index in [1.165, 1.54) is 7.11 Å². The molecule has 5 heteroatoms. The van der Waals surface area contributed by atoms with E-state index >= 15 is 0 Å². The van der Waals surface area contributed by atoms with Gasteiger partial charge >= 0.3 is 5.97 Å². The van der Waals surface area contributed by atoms with Crippen LogP contribution in [0.5, 0.6) is 0 Å². The Hall–Kier alpha value is -1.65. The third-order valence-electron chi connectivity index (χ3n) is 2.11. The van der Waals surface area contributed by atoms with Crippen molar-refractivity contribution < 1.29 is 9.53 Å². The van der Waals surface area contributed by atoms with Crippen molar-refractivity contribution in [3.8, 4) is 0 Å². The largest absolute Gasteiger partial charge is 0.467 e. The van der Waals surface area contributed by atoms with Crippen LogP contribution in [0.1, 0.15) is 18.3 Å². The average molecular weight is 209 g/mol. The van der Waals surface area contributed by atoms with Gasteiger partial charge in [0, 0.05) is 0 Å². The molecule has 82 valence electrons. The lowest BCUT2D eigenvalue weighted by atomic mass is 10.3. The maximum absolute atomic E-state index is 11.1. The summed E-state index contributed by atoms with van der Waals surface area (Å²) in [6, 6.07) is -0.425. The number of nitrogens with zero attached hydrogens (tertiary/aromatic N) is 2. The maximum atomic E-state index is 11.1. The summed E-state index contributed by atoms with van der Waals surface area (Å²) in [5.74, 6) is 0.256. The zero-order chi connectivity index (χ0) is 11.4. The second kappa shape index (κ2) is 4.72. The SMILES string of the molecule is COC(=O)C(C)Nc1cnc(C)c(C)n1. The van der Waals surface area contributed by atoms with Crippen molar-refractivity contribution in [3.05, 3.63) is 17.6 Å². The molecule has 0 aliphatic heterocycles. The summed E-state index contributed by atoms with van der Waals surface area (Å²) in [6.07, 6.45) is 1.60. The Kier molecular flexibility index (Phi) is 3.60. The molecule has 1 N–H and O–H groups in total. The van der Waals surface area contributed by atoms with E-state index < -0.39 is 6.04 Å². The minimum absolute atomic E-state index is 0.324. The average Bonchev–Trinajstić information content (AvgIpc) is 2.22. The zero-order valence-corrected chi connectivity index (χ0v) is 9.37. The summed E-state index contributed by atoms with van der Waals surface area (Å²) in [6.45, 7) is 5.47. The Morgan fingerprint density at radius 1 is 1.47 bits per heavy atom. The normalized spacial score (nSPS) is 12.0. The van der Waals surface area contributed by atoms with Crippen LogP contribution < -0.4 is 5.32 Å². The van der Waals surface area contributed by atoms with Crippen LogP contribution in [-0.4, -0.2) is 29.1 Å². The predicted molar refractivity (Wildman–Crippen MR) is 56.6 cm³/mol. The monoisotopic (exact) mass is 209 g/mol. The molecule has 1 atom stereocenters. The van der Waals surface area contributed by atoms with E-state index in [2.05, 4.69) is 20.0 Å². The van der Waals surface area contributed by atoms with Gasteiger partial charge in [0.25, 0.3) is 0 Å². The van der Waals surface area contributed by atoms with Crippen molar-refractivity contribution in [2.24, 2.45) is 0 Å². The molecule has 15 heavy (non-hydrogen) atoms. The van der Waals surface area contributed by atoms with E-state index in [-0.39, 0.29) is 5.97 Å². The first kappa shape index (κ1) is 11.4. The fourth-order valence-corrected chi connectivity index (χ4v) is 1.07. The number of carbonyl (C=O) groups excluding carboxylic acids is 1. The number of hydrogen-bond acceptors (Lipinski definition) is 5. The number of ether oxygens (including phenoxy) is 1. The van der Waals surface area contributed by atoms with E-state index in [0.29, 0.717) is 5.82 Å². The smallest absolute Gasteiger partial charge is 0.328 e. The number of esters is 1. The molecule has 0 aliphatic carbocycles. The lowest BCUT2D eigenvalue weighted by molar-refractivity contribution is -0.141. The number of aromatic nitrogens is 2. The van der Waals surface area contributed by atoms with Gasteiger partial charge in [-0.25, -0.2) is 9.78 Å². The van der Waals surface area contributed by atoms with Crippen molar-refractivity contribution in [2.75, 3.05) is 12.4 Å². The lowest BCUT2D eigenvalue weighted by Gasteiger charge is -2.12. The molecule has 1 aromatic heterocycles. The molecule has 1 rings (SSSR count). The van der Waals surface area contributed by atoms with E-state index in [1.807, 2.05) is 13.8 Å². The highest BCUT2D eigenvalue weighted by Gasteiger charge is 2.13. The minimum Gasteiger partial charge on any atom is -0.467 e. The predicted octanol–water partition coefficient (Wildman–Crippen LogP) is 1.07. The Labute approximate surface area is 88.9 Å². The molecule has 5 nitrogen and oxygen atoms in total. The van der Waals surface area contributed by atoms with Crippen LogP contribution in [0.4, 0.5) is 5.82 Å². The van der Waals surface area contributed by atoms with Crippen molar-refractivity contribution >= 4 is 11.8 Å². The fourth-order valence-electron chi connectivity index (χ4n) is 1.07. The van der Waals surface area contributed by atoms with Gasteiger partial charge in [-0.1, -0.05) is 0 Å². The molecule has 0 amide bonds. The van der Waals surface area contributed by atoms with Gasteiger partial charge in [-0.2, -0.15) is 0 Å². The molecule has 0 bridgehead atoms. The topological polar surface area (TPSA) is 64.1 Å². The molecule has 0 aliphatic rings. The number of nitrogens with one attached hydrogen (secondary N) is 1. The third kappa shape index (κ3) is 2.90. The van der Waals surface area contributed by atoms with E-state index in [0.717, 1.165) is 11.4 Å². The van der Waals surface area contributed by atoms with E-state index in [1.54, 1.807) is 13.1 Å². The molecule has 0 spiro atoms. The number of methoxy groups -OCH3 is 1. The van der Waals surface area contributed by atoms with Gasteiger partial charge in [0.2, 0.25) is 0 Å². The van der Waals surface area contributed by atoms with Crippen LogP contribution in [0.2, 0.25) is 0 Å². The van der Waals surface area contributed by atoms with Crippen LogP contribution in [0.3, 0.4) is 0 Å². The van der Waals surface area contributed by atoms with Gasteiger partial charge < -0.3 is 10.1 Å². The molecule has 0 aromatic carbocycles. The summed E-state index contributed by atoms with van der Waals surface area (Å²) >= 11 is 0. The number of aryl methyl sites for hydroxylation is 2. The lowest BCUT2D eigenvalue weighted by Crippen LogP contribution is -2.27. The molecule has 1 aromatic rings. The second-order valence-electron chi connectivity index (χ2n) is 3.32. The summed E-state index contributed by atoms with van der Waals surface area (Å²) in [5, 5.41) is 2.91. The second-order valence-corrected chi connectivity index (χ2v) is 3.32. The zero-order valence-electron chi connectivity index (χ0n) is 9.37. The van der Waals surface area contributed by atoms with Crippen LogP contribution in [0.15, 0.2) is 6.20 Å². The van der Waals surface area contributed by atoms with Gasteiger partial charge in [-0.15, -0.1) is 0 Å². The summed E-state index contributed by atoms with van der Waals surface area (Å²) in [5.41, 5.74) is 1.73. The molecular formula is C10H15N3O2. The van der Waals surface area contributed by atoms with Gasteiger partial charge in [-0.05, 0) is 20.8 Å². The highest BCUT2D eigenvalue weighted by atomic mass is 16.5. The van der Waals surface area contributed by atoms with Crippen molar-refractivity contribution in [3.63, 3.8) is 0 Å². The van der Waals surface area contributed by atoms with Gasteiger partial charge in [-0.3, -0.25) is 4.98 Å². The summed E-state index contributed by atoms with van der Waals surface area (Å²) < 4.78 is 4.59. The minimum atomic E-state index is -0.425. The molecule has 0 fully saturated rings. The number of anilines is 1. The molecule has 1 unspecified atom stereocenters. The first-order chi connectivity index (χ1) is 7.04. The Morgan fingerprint density at radius 3 is 2.67 bits per heavy atom. The molecule has 0 radical (unpaired) electrons. The maximum Gasteiger partial charge on any atom is 0.328 e. The first-order valence-electron chi connectivity index (χ1n) is 4.69. The molecule has 1 heterocycles. The first-order valence-corrected chi connectivity index (χ1v) is 4.69. The quantitative estimate of drug-likeness (QED) is 0.754. The van der Waals surface area contributed by atoms with Crippen LogP contribution in [-0.2, 0) is 9.53 Å². The Morgan fingerprint density at radius 2 is 2.13 bits per heavy atom. The van der Waals surface area contributed by atoms with E-state index in [4.69, 9.17) is 0 Å². The van der Waals surface area contributed by atoms with Crippen LogP contribution in [0.25, 0.3) is 0 Å². The number of carbonyl (C=O) groups is 1. The van der Waals surface area contributed by atoms with Crippen molar-refractivity contribution in [1.82, 2.24) is 9.97 Å². The third-order valence-corrected chi connectivity index (χ3v) is 2.11. The molecule has 0 saturated heterocycles.